The summed E-state index contributed by atoms with van der Waals surface area (Å²) in [5.41, 5.74) is 1.01. The molecule has 1 aromatic rings. The van der Waals surface area contributed by atoms with Gasteiger partial charge >= 0.3 is 0 Å². The van der Waals surface area contributed by atoms with Gasteiger partial charge in [-0.1, -0.05) is 0 Å². The summed E-state index contributed by atoms with van der Waals surface area (Å²) in [5.74, 6) is 0.530. The number of piperidine rings is 1. The van der Waals surface area contributed by atoms with E-state index in [-0.39, 0.29) is 0 Å². The molecule has 0 bridgehead atoms. The van der Waals surface area contributed by atoms with E-state index in [2.05, 4.69) is 15.3 Å². The molecule has 3 nitrogen and oxygen atoms in total. The standard InChI is InChI=1S/C14H23ClN2OS/c1-18-13-5-4-8-17(10-13)7-3-2-6-14-16-12(9-15)11-19-14/h11,13H,2-10H2,1H3. The van der Waals surface area contributed by atoms with Crippen molar-refractivity contribution in [2.24, 2.45) is 0 Å². The number of aromatic nitrogens is 1. The van der Waals surface area contributed by atoms with Gasteiger partial charge in [-0.05, 0) is 45.2 Å². The molecule has 108 valence electrons. The van der Waals surface area contributed by atoms with Crippen LogP contribution in [0.3, 0.4) is 0 Å². The SMILES string of the molecule is COC1CCCN(CCCCc2nc(CCl)cs2)C1. The second-order valence-corrected chi connectivity index (χ2v) is 6.33. The van der Waals surface area contributed by atoms with Gasteiger partial charge in [0.15, 0.2) is 0 Å². The number of rotatable bonds is 7. The Balaban J connectivity index is 1.61. The van der Waals surface area contributed by atoms with Crippen molar-refractivity contribution in [1.29, 1.82) is 0 Å². The van der Waals surface area contributed by atoms with E-state index < -0.39 is 0 Å². The van der Waals surface area contributed by atoms with Gasteiger partial charge in [0.2, 0.25) is 0 Å². The first-order chi connectivity index (χ1) is 9.31. The maximum atomic E-state index is 5.76. The van der Waals surface area contributed by atoms with Crippen molar-refractivity contribution in [3.05, 3.63) is 16.1 Å². The van der Waals surface area contributed by atoms with Crippen molar-refractivity contribution < 1.29 is 4.74 Å². The lowest BCUT2D eigenvalue weighted by Crippen LogP contribution is -2.39. The third kappa shape index (κ3) is 5.03. The average Bonchev–Trinajstić information content (AvgIpc) is 2.92. The Kier molecular flexibility index (Phi) is 6.57. The van der Waals surface area contributed by atoms with Gasteiger partial charge in [-0.25, -0.2) is 4.98 Å². The Labute approximate surface area is 124 Å². The fourth-order valence-electron chi connectivity index (χ4n) is 2.55. The summed E-state index contributed by atoms with van der Waals surface area (Å²) in [4.78, 5) is 7.02. The third-order valence-corrected chi connectivity index (χ3v) is 4.88. The minimum absolute atomic E-state index is 0.444. The molecule has 5 heteroatoms. The number of unbranched alkanes of at least 4 members (excludes halogenated alkanes) is 1. The number of likely N-dealkylation sites (tertiary alicyclic amines) is 1. The van der Waals surface area contributed by atoms with Gasteiger partial charge in [0.05, 0.1) is 22.7 Å². The molecular formula is C14H23ClN2OS. The minimum atomic E-state index is 0.444. The molecule has 2 rings (SSSR count). The number of alkyl halides is 1. The van der Waals surface area contributed by atoms with E-state index >= 15 is 0 Å². The number of thiazole rings is 1. The van der Waals surface area contributed by atoms with Crippen LogP contribution in [-0.2, 0) is 17.0 Å². The van der Waals surface area contributed by atoms with E-state index in [1.54, 1.807) is 11.3 Å². The smallest absolute Gasteiger partial charge is 0.0928 e. The predicted octanol–water partition coefficient (Wildman–Crippen LogP) is 3.32. The molecule has 2 heterocycles. The van der Waals surface area contributed by atoms with Gasteiger partial charge in [-0.15, -0.1) is 22.9 Å². The van der Waals surface area contributed by atoms with Crippen LogP contribution in [0.5, 0.6) is 0 Å². The Bertz CT molecular complexity index is 372. The van der Waals surface area contributed by atoms with E-state index in [1.807, 2.05) is 7.11 Å². The fraction of sp³-hybridized carbons (Fsp3) is 0.786. The lowest BCUT2D eigenvalue weighted by molar-refractivity contribution is 0.0309. The molecular weight excluding hydrogens is 280 g/mol. The molecule has 1 aliphatic heterocycles. The predicted molar refractivity (Wildman–Crippen MR) is 81.1 cm³/mol. The number of ether oxygens (including phenoxy) is 1. The highest BCUT2D eigenvalue weighted by Crippen LogP contribution is 2.16. The zero-order chi connectivity index (χ0) is 13.5. The second-order valence-electron chi connectivity index (χ2n) is 5.12. The molecule has 1 fully saturated rings. The molecule has 0 radical (unpaired) electrons. The highest BCUT2D eigenvalue weighted by atomic mass is 35.5. The topological polar surface area (TPSA) is 25.4 Å². The first-order valence-electron chi connectivity index (χ1n) is 7.06. The van der Waals surface area contributed by atoms with Crippen LogP contribution in [-0.4, -0.2) is 42.7 Å². The summed E-state index contributed by atoms with van der Waals surface area (Å²) < 4.78 is 5.45. The largest absolute Gasteiger partial charge is 0.380 e. The summed E-state index contributed by atoms with van der Waals surface area (Å²) in [6, 6.07) is 0. The van der Waals surface area contributed by atoms with Crippen LogP contribution in [0.2, 0.25) is 0 Å². The third-order valence-electron chi connectivity index (χ3n) is 3.65. The quantitative estimate of drug-likeness (QED) is 0.571. The molecule has 0 amide bonds. The van der Waals surface area contributed by atoms with E-state index in [0.717, 1.165) is 18.7 Å². The lowest BCUT2D eigenvalue weighted by atomic mass is 10.1. The normalized spacial score (nSPS) is 20.8. The molecule has 0 spiro atoms. The maximum Gasteiger partial charge on any atom is 0.0928 e. The molecule has 1 atom stereocenters. The van der Waals surface area contributed by atoms with Crippen LogP contribution in [0.15, 0.2) is 5.38 Å². The number of halogens is 1. The Morgan fingerprint density at radius 2 is 2.42 bits per heavy atom. The number of methoxy groups -OCH3 is 1. The Morgan fingerprint density at radius 3 is 3.16 bits per heavy atom. The molecule has 1 aromatic heterocycles. The number of hydrogen-bond acceptors (Lipinski definition) is 4. The van der Waals surface area contributed by atoms with Crippen molar-refractivity contribution in [2.75, 3.05) is 26.7 Å². The minimum Gasteiger partial charge on any atom is -0.380 e. The van der Waals surface area contributed by atoms with Gasteiger partial charge in [-0.2, -0.15) is 0 Å². The van der Waals surface area contributed by atoms with Crippen molar-refractivity contribution >= 4 is 22.9 Å². The van der Waals surface area contributed by atoms with Gasteiger partial charge in [0, 0.05) is 19.0 Å². The molecule has 1 unspecified atom stereocenters. The molecule has 1 aliphatic rings. The van der Waals surface area contributed by atoms with Crippen LogP contribution >= 0.6 is 22.9 Å². The van der Waals surface area contributed by atoms with Gasteiger partial charge < -0.3 is 9.64 Å². The number of aryl methyl sites for hydroxylation is 1. The highest BCUT2D eigenvalue weighted by Gasteiger charge is 2.18. The fourth-order valence-corrected chi connectivity index (χ4v) is 3.61. The molecule has 0 aliphatic carbocycles. The van der Waals surface area contributed by atoms with E-state index in [4.69, 9.17) is 16.3 Å². The Morgan fingerprint density at radius 1 is 1.53 bits per heavy atom. The van der Waals surface area contributed by atoms with Crippen LogP contribution in [0.25, 0.3) is 0 Å². The van der Waals surface area contributed by atoms with Crippen LogP contribution in [0, 0.1) is 0 Å². The molecule has 19 heavy (non-hydrogen) atoms. The average molecular weight is 303 g/mol. The zero-order valence-corrected chi connectivity index (χ0v) is 13.2. The van der Waals surface area contributed by atoms with Gasteiger partial charge in [0.25, 0.3) is 0 Å². The van der Waals surface area contributed by atoms with Crippen LogP contribution in [0.1, 0.15) is 36.4 Å². The monoisotopic (exact) mass is 302 g/mol. The molecule has 0 aromatic carbocycles. The Hall–Kier alpha value is -0.160. The van der Waals surface area contributed by atoms with Crippen molar-refractivity contribution in [3.63, 3.8) is 0 Å². The van der Waals surface area contributed by atoms with Crippen molar-refractivity contribution in [2.45, 2.75) is 44.1 Å². The van der Waals surface area contributed by atoms with Gasteiger partial charge in [0.1, 0.15) is 0 Å². The van der Waals surface area contributed by atoms with Crippen molar-refractivity contribution in [1.82, 2.24) is 9.88 Å². The number of hydrogen-bond donors (Lipinski definition) is 0. The summed E-state index contributed by atoms with van der Waals surface area (Å²) in [7, 11) is 1.82. The molecule has 0 saturated carbocycles. The summed E-state index contributed by atoms with van der Waals surface area (Å²) in [6.07, 6.45) is 6.47. The highest BCUT2D eigenvalue weighted by molar-refractivity contribution is 7.09. The first kappa shape index (κ1) is 15.2. The zero-order valence-electron chi connectivity index (χ0n) is 11.6. The molecule has 0 N–H and O–H groups in total. The van der Waals surface area contributed by atoms with E-state index in [9.17, 15) is 0 Å². The lowest BCUT2D eigenvalue weighted by Gasteiger charge is -2.31. The summed E-state index contributed by atoms with van der Waals surface area (Å²) >= 11 is 7.49. The summed E-state index contributed by atoms with van der Waals surface area (Å²) in [6.45, 7) is 3.52. The van der Waals surface area contributed by atoms with Crippen molar-refractivity contribution in [3.8, 4) is 0 Å². The van der Waals surface area contributed by atoms with Crippen LogP contribution < -0.4 is 0 Å². The first-order valence-corrected chi connectivity index (χ1v) is 8.47. The molecule has 1 saturated heterocycles. The van der Waals surface area contributed by atoms with Crippen LogP contribution in [0.4, 0.5) is 0 Å². The van der Waals surface area contributed by atoms with Gasteiger partial charge in [-0.3, -0.25) is 0 Å². The van der Waals surface area contributed by atoms with E-state index in [1.165, 1.54) is 43.8 Å². The second kappa shape index (κ2) is 8.20. The number of nitrogens with zero attached hydrogens (tertiary/aromatic N) is 2. The van der Waals surface area contributed by atoms with E-state index in [0.29, 0.717) is 12.0 Å². The summed E-state index contributed by atoms with van der Waals surface area (Å²) in [5, 5.41) is 3.29. The maximum absolute atomic E-state index is 5.76.